The van der Waals surface area contributed by atoms with Gasteiger partial charge in [-0.05, 0) is 37.1 Å². The highest BCUT2D eigenvalue weighted by Gasteiger charge is 2.10. The van der Waals surface area contributed by atoms with E-state index < -0.39 is 11.6 Å². The van der Waals surface area contributed by atoms with E-state index in [1.54, 1.807) is 0 Å². The summed E-state index contributed by atoms with van der Waals surface area (Å²) >= 11 is 0. The van der Waals surface area contributed by atoms with Crippen LogP contribution in [0.5, 0.6) is 0 Å². The lowest BCUT2D eigenvalue weighted by Gasteiger charge is -2.16. The Labute approximate surface area is 112 Å². The minimum atomic E-state index is -0.533. The summed E-state index contributed by atoms with van der Waals surface area (Å²) in [7, 11) is 1.89. The summed E-state index contributed by atoms with van der Waals surface area (Å²) in [5, 5.41) is 3.22. The van der Waals surface area contributed by atoms with Crippen LogP contribution in [0.4, 0.5) is 8.78 Å². The Morgan fingerprint density at radius 1 is 1.05 bits per heavy atom. The first-order valence-corrected chi connectivity index (χ1v) is 6.37. The second-order valence-corrected chi connectivity index (χ2v) is 4.53. The van der Waals surface area contributed by atoms with Crippen LogP contribution in [0.1, 0.15) is 23.6 Å². The van der Waals surface area contributed by atoms with Crippen LogP contribution < -0.4 is 5.32 Å². The van der Waals surface area contributed by atoms with Gasteiger partial charge in [-0.25, -0.2) is 8.78 Å². The molecule has 0 bridgehead atoms. The van der Waals surface area contributed by atoms with Crippen molar-refractivity contribution in [3.05, 3.63) is 71.3 Å². The van der Waals surface area contributed by atoms with Crippen molar-refractivity contribution in [2.75, 3.05) is 7.05 Å². The monoisotopic (exact) mass is 261 g/mol. The standard InChI is InChI=1S/C16H17F2N/c1-19-16(13-5-3-2-4-6-13)10-8-12-7-9-14(17)11-15(12)18/h2-7,9,11,16,19H,8,10H2,1H3. The Morgan fingerprint density at radius 3 is 2.42 bits per heavy atom. The molecule has 1 nitrogen and oxygen atoms in total. The third-order valence-corrected chi connectivity index (χ3v) is 3.27. The van der Waals surface area contributed by atoms with E-state index in [-0.39, 0.29) is 6.04 Å². The highest BCUT2D eigenvalue weighted by Crippen LogP contribution is 2.20. The molecule has 0 aliphatic heterocycles. The van der Waals surface area contributed by atoms with Crippen molar-refractivity contribution in [1.29, 1.82) is 0 Å². The molecular weight excluding hydrogens is 244 g/mol. The summed E-state index contributed by atoms with van der Waals surface area (Å²) < 4.78 is 26.4. The van der Waals surface area contributed by atoms with E-state index in [9.17, 15) is 8.78 Å². The van der Waals surface area contributed by atoms with Crippen LogP contribution in [0.15, 0.2) is 48.5 Å². The lowest BCUT2D eigenvalue weighted by Crippen LogP contribution is -2.17. The van der Waals surface area contributed by atoms with Crippen molar-refractivity contribution in [3.8, 4) is 0 Å². The molecule has 0 heterocycles. The molecule has 19 heavy (non-hydrogen) atoms. The summed E-state index contributed by atoms with van der Waals surface area (Å²) in [6.45, 7) is 0. The van der Waals surface area contributed by atoms with E-state index in [0.717, 1.165) is 12.5 Å². The van der Waals surface area contributed by atoms with E-state index in [1.165, 1.54) is 17.7 Å². The molecule has 2 aromatic carbocycles. The van der Waals surface area contributed by atoms with Crippen molar-refractivity contribution in [2.45, 2.75) is 18.9 Å². The van der Waals surface area contributed by atoms with E-state index in [4.69, 9.17) is 0 Å². The van der Waals surface area contributed by atoms with Gasteiger partial charge in [-0.1, -0.05) is 36.4 Å². The van der Waals surface area contributed by atoms with E-state index >= 15 is 0 Å². The van der Waals surface area contributed by atoms with Crippen molar-refractivity contribution in [3.63, 3.8) is 0 Å². The van der Waals surface area contributed by atoms with Crippen molar-refractivity contribution in [2.24, 2.45) is 0 Å². The van der Waals surface area contributed by atoms with E-state index in [2.05, 4.69) is 5.32 Å². The van der Waals surface area contributed by atoms with Gasteiger partial charge in [0.05, 0.1) is 0 Å². The fraction of sp³-hybridized carbons (Fsp3) is 0.250. The van der Waals surface area contributed by atoms with Gasteiger partial charge in [0.25, 0.3) is 0 Å². The third kappa shape index (κ3) is 3.61. The van der Waals surface area contributed by atoms with Gasteiger partial charge in [0, 0.05) is 12.1 Å². The molecular formula is C16H17F2N. The lowest BCUT2D eigenvalue weighted by atomic mass is 9.99. The molecule has 0 spiro atoms. The largest absolute Gasteiger partial charge is 0.313 e. The molecule has 3 heteroatoms. The minimum absolute atomic E-state index is 0.172. The first kappa shape index (κ1) is 13.7. The van der Waals surface area contributed by atoms with Crippen LogP contribution in [-0.2, 0) is 6.42 Å². The fourth-order valence-electron chi connectivity index (χ4n) is 2.19. The van der Waals surface area contributed by atoms with Crippen LogP contribution in [0.3, 0.4) is 0 Å². The van der Waals surface area contributed by atoms with Gasteiger partial charge >= 0.3 is 0 Å². The first-order chi connectivity index (χ1) is 9.20. The van der Waals surface area contributed by atoms with Gasteiger partial charge < -0.3 is 5.32 Å². The average Bonchev–Trinajstić information content (AvgIpc) is 2.43. The first-order valence-electron chi connectivity index (χ1n) is 6.37. The molecule has 0 saturated heterocycles. The number of halogens is 2. The minimum Gasteiger partial charge on any atom is -0.313 e. The topological polar surface area (TPSA) is 12.0 Å². The normalized spacial score (nSPS) is 12.4. The second-order valence-electron chi connectivity index (χ2n) is 4.53. The summed E-state index contributed by atoms with van der Waals surface area (Å²) in [5.74, 6) is -1.00. The molecule has 0 radical (unpaired) electrons. The van der Waals surface area contributed by atoms with E-state index in [1.807, 2.05) is 37.4 Å². The number of aryl methyl sites for hydroxylation is 1. The predicted octanol–water partition coefficient (Wildman–Crippen LogP) is 3.86. The van der Waals surface area contributed by atoms with Crippen LogP contribution in [0.25, 0.3) is 0 Å². The Bertz CT molecular complexity index is 526. The number of hydrogen-bond donors (Lipinski definition) is 1. The molecule has 1 atom stereocenters. The van der Waals surface area contributed by atoms with Gasteiger partial charge in [-0.3, -0.25) is 0 Å². The summed E-state index contributed by atoms with van der Waals surface area (Å²) in [5.41, 5.74) is 1.73. The highest BCUT2D eigenvalue weighted by atomic mass is 19.1. The van der Waals surface area contributed by atoms with E-state index in [0.29, 0.717) is 12.0 Å². The lowest BCUT2D eigenvalue weighted by molar-refractivity contribution is 0.528. The number of nitrogens with one attached hydrogen (secondary N) is 1. The smallest absolute Gasteiger partial charge is 0.129 e. The van der Waals surface area contributed by atoms with Crippen molar-refractivity contribution < 1.29 is 8.78 Å². The molecule has 0 fully saturated rings. The second kappa shape index (κ2) is 6.43. The Balaban J connectivity index is 2.04. The quantitative estimate of drug-likeness (QED) is 0.861. The zero-order valence-corrected chi connectivity index (χ0v) is 10.9. The third-order valence-electron chi connectivity index (χ3n) is 3.27. The molecule has 0 aliphatic carbocycles. The average molecular weight is 261 g/mol. The Morgan fingerprint density at radius 2 is 1.79 bits per heavy atom. The molecule has 1 unspecified atom stereocenters. The maximum absolute atomic E-state index is 13.5. The highest BCUT2D eigenvalue weighted by molar-refractivity contribution is 5.21. The predicted molar refractivity (Wildman–Crippen MR) is 72.9 cm³/mol. The maximum atomic E-state index is 13.5. The summed E-state index contributed by atoms with van der Waals surface area (Å²) in [4.78, 5) is 0. The van der Waals surface area contributed by atoms with Gasteiger partial charge in [-0.15, -0.1) is 0 Å². The van der Waals surface area contributed by atoms with Crippen LogP contribution >= 0.6 is 0 Å². The maximum Gasteiger partial charge on any atom is 0.129 e. The zero-order valence-electron chi connectivity index (χ0n) is 10.9. The zero-order chi connectivity index (χ0) is 13.7. The van der Waals surface area contributed by atoms with Crippen LogP contribution in [0.2, 0.25) is 0 Å². The number of benzene rings is 2. The molecule has 100 valence electrons. The van der Waals surface area contributed by atoms with Gasteiger partial charge in [-0.2, -0.15) is 0 Å². The van der Waals surface area contributed by atoms with Crippen LogP contribution in [0, 0.1) is 11.6 Å². The van der Waals surface area contributed by atoms with Crippen LogP contribution in [-0.4, -0.2) is 7.05 Å². The van der Waals surface area contributed by atoms with Crippen molar-refractivity contribution in [1.82, 2.24) is 5.32 Å². The number of hydrogen-bond acceptors (Lipinski definition) is 1. The molecule has 0 aromatic heterocycles. The summed E-state index contributed by atoms with van der Waals surface area (Å²) in [6.07, 6.45) is 1.34. The van der Waals surface area contributed by atoms with Gasteiger partial charge in [0.2, 0.25) is 0 Å². The molecule has 1 N–H and O–H groups in total. The van der Waals surface area contributed by atoms with Gasteiger partial charge in [0.1, 0.15) is 11.6 Å². The fourth-order valence-corrected chi connectivity index (χ4v) is 2.19. The van der Waals surface area contributed by atoms with Crippen molar-refractivity contribution >= 4 is 0 Å². The Kier molecular flexibility index (Phi) is 4.63. The molecule has 0 saturated carbocycles. The molecule has 0 aliphatic rings. The van der Waals surface area contributed by atoms with Gasteiger partial charge in [0.15, 0.2) is 0 Å². The SMILES string of the molecule is CNC(CCc1ccc(F)cc1F)c1ccccc1. The summed E-state index contributed by atoms with van der Waals surface area (Å²) in [6, 6.07) is 14.0. The molecule has 2 rings (SSSR count). The Hall–Kier alpha value is -1.74. The number of rotatable bonds is 5. The molecule has 0 amide bonds. The molecule has 2 aromatic rings.